The maximum Gasteiger partial charge on any atom is 0.0284 e. The monoisotopic (exact) mass is 250 g/mol. The lowest BCUT2D eigenvalue weighted by molar-refractivity contribution is 1.38. The van der Waals surface area contributed by atoms with Crippen molar-refractivity contribution in [3.63, 3.8) is 0 Å². The molecule has 0 heterocycles. The first-order valence-corrected chi connectivity index (χ1v) is 6.50. The molecule has 0 saturated carbocycles. The number of allylic oxidation sites excluding steroid dienone is 5. The van der Waals surface area contributed by atoms with E-state index in [2.05, 4.69) is 69.5 Å². The van der Waals surface area contributed by atoms with Crippen LogP contribution in [0.25, 0.3) is 5.57 Å². The van der Waals surface area contributed by atoms with Crippen LogP contribution in [0.15, 0.2) is 48.1 Å². The minimum Gasteiger partial charge on any atom is -0.0955 e. The Morgan fingerprint density at radius 3 is 2.37 bits per heavy atom. The third-order valence-electron chi connectivity index (χ3n) is 2.79. The molecule has 1 rings (SSSR count). The van der Waals surface area contributed by atoms with Gasteiger partial charge in [0.2, 0.25) is 0 Å². The number of rotatable bonds is 2. The fourth-order valence-electron chi connectivity index (χ4n) is 1.52. The van der Waals surface area contributed by atoms with Crippen molar-refractivity contribution in [3.8, 4) is 11.8 Å². The topological polar surface area (TPSA) is 0 Å². The Kier molecular flexibility index (Phi) is 5.39. The van der Waals surface area contributed by atoms with Crippen LogP contribution < -0.4 is 0 Å². The summed E-state index contributed by atoms with van der Waals surface area (Å²) in [5.74, 6) is 6.44. The molecular formula is C19H22. The van der Waals surface area contributed by atoms with E-state index in [-0.39, 0.29) is 0 Å². The molecular weight excluding hydrogens is 228 g/mol. The Morgan fingerprint density at radius 2 is 1.79 bits per heavy atom. The molecule has 1 aromatic carbocycles. The molecule has 0 radical (unpaired) electrons. The van der Waals surface area contributed by atoms with Crippen LogP contribution in [-0.4, -0.2) is 0 Å². The van der Waals surface area contributed by atoms with Crippen molar-refractivity contribution in [1.29, 1.82) is 0 Å². The zero-order valence-electron chi connectivity index (χ0n) is 12.6. The number of aryl methyl sites for hydroxylation is 1. The van der Waals surface area contributed by atoms with Gasteiger partial charge < -0.3 is 0 Å². The second-order valence-corrected chi connectivity index (χ2v) is 5.15. The molecule has 0 nitrogen and oxygen atoms in total. The minimum absolute atomic E-state index is 1.07. The average molecular weight is 250 g/mol. The third-order valence-corrected chi connectivity index (χ3v) is 2.79. The van der Waals surface area contributed by atoms with Crippen LogP contribution in [0.2, 0.25) is 0 Å². The summed E-state index contributed by atoms with van der Waals surface area (Å²) in [7, 11) is 0. The Hall–Kier alpha value is -2.00. The van der Waals surface area contributed by atoms with Crippen LogP contribution in [0.1, 0.15) is 44.4 Å². The summed E-state index contributed by atoms with van der Waals surface area (Å²) in [5, 5.41) is 0. The molecule has 0 aliphatic carbocycles. The van der Waals surface area contributed by atoms with Gasteiger partial charge in [-0.05, 0) is 57.4 Å². The summed E-state index contributed by atoms with van der Waals surface area (Å²) in [6.07, 6.45) is 4.14. The molecule has 0 fully saturated rings. The van der Waals surface area contributed by atoms with E-state index < -0.39 is 0 Å². The van der Waals surface area contributed by atoms with Gasteiger partial charge in [-0.25, -0.2) is 0 Å². The largest absolute Gasteiger partial charge is 0.0955 e. The van der Waals surface area contributed by atoms with Gasteiger partial charge in [-0.15, -0.1) is 0 Å². The van der Waals surface area contributed by atoms with Gasteiger partial charge in [-0.1, -0.05) is 53.9 Å². The highest BCUT2D eigenvalue weighted by atomic mass is 14.0. The second-order valence-electron chi connectivity index (χ2n) is 5.15. The first-order chi connectivity index (χ1) is 8.90. The van der Waals surface area contributed by atoms with Crippen molar-refractivity contribution < 1.29 is 0 Å². The van der Waals surface area contributed by atoms with Crippen LogP contribution in [0.3, 0.4) is 0 Å². The lowest BCUT2D eigenvalue weighted by atomic mass is 10.0. The minimum atomic E-state index is 1.07. The number of benzene rings is 1. The third kappa shape index (κ3) is 5.02. The van der Waals surface area contributed by atoms with Gasteiger partial charge in [0.15, 0.2) is 0 Å². The molecule has 98 valence electrons. The fraction of sp³-hybridized carbons (Fsp3) is 0.263. The molecule has 0 aromatic heterocycles. The molecule has 0 spiro atoms. The van der Waals surface area contributed by atoms with Gasteiger partial charge in [0.1, 0.15) is 0 Å². The quantitative estimate of drug-likeness (QED) is 0.494. The molecule has 1 aromatic rings. The van der Waals surface area contributed by atoms with Crippen molar-refractivity contribution in [2.24, 2.45) is 0 Å². The molecule has 0 N–H and O–H groups in total. The highest BCUT2D eigenvalue weighted by Crippen LogP contribution is 2.16. The van der Waals surface area contributed by atoms with E-state index in [1.807, 2.05) is 13.8 Å². The SMILES string of the molecule is C=C(C)c1ccc(C)c(C#C/C(C)=C/C=C(C)C)c1. The van der Waals surface area contributed by atoms with Crippen LogP contribution >= 0.6 is 0 Å². The Morgan fingerprint density at radius 1 is 1.11 bits per heavy atom. The smallest absolute Gasteiger partial charge is 0.0284 e. The first kappa shape index (κ1) is 15.1. The number of hydrogen-bond donors (Lipinski definition) is 0. The van der Waals surface area contributed by atoms with E-state index in [1.54, 1.807) is 0 Å². The van der Waals surface area contributed by atoms with E-state index in [4.69, 9.17) is 0 Å². The highest BCUT2D eigenvalue weighted by Gasteiger charge is 1.98. The van der Waals surface area contributed by atoms with Crippen molar-refractivity contribution in [2.45, 2.75) is 34.6 Å². The predicted octanol–water partition coefficient (Wildman–Crippen LogP) is 5.29. The van der Waals surface area contributed by atoms with E-state index in [1.165, 1.54) is 11.1 Å². The highest BCUT2D eigenvalue weighted by molar-refractivity contribution is 5.64. The van der Waals surface area contributed by atoms with Crippen LogP contribution in [0.5, 0.6) is 0 Å². The van der Waals surface area contributed by atoms with Crippen LogP contribution in [0.4, 0.5) is 0 Å². The maximum absolute atomic E-state index is 3.97. The van der Waals surface area contributed by atoms with Gasteiger partial charge in [0, 0.05) is 5.56 Å². The molecule has 0 aliphatic heterocycles. The fourth-order valence-corrected chi connectivity index (χ4v) is 1.52. The van der Waals surface area contributed by atoms with Crippen molar-refractivity contribution in [1.82, 2.24) is 0 Å². The summed E-state index contributed by atoms with van der Waals surface area (Å²) in [6, 6.07) is 6.30. The molecule has 0 bridgehead atoms. The van der Waals surface area contributed by atoms with Gasteiger partial charge in [-0.3, -0.25) is 0 Å². The van der Waals surface area contributed by atoms with Gasteiger partial charge in [0.05, 0.1) is 0 Å². The summed E-state index contributed by atoms with van der Waals surface area (Å²) in [6.45, 7) is 14.3. The Bertz CT molecular complexity index is 595. The van der Waals surface area contributed by atoms with Gasteiger partial charge in [-0.2, -0.15) is 0 Å². The van der Waals surface area contributed by atoms with Crippen molar-refractivity contribution >= 4 is 5.57 Å². The first-order valence-electron chi connectivity index (χ1n) is 6.50. The zero-order valence-corrected chi connectivity index (χ0v) is 12.6. The zero-order chi connectivity index (χ0) is 14.4. The summed E-state index contributed by atoms with van der Waals surface area (Å²) >= 11 is 0. The van der Waals surface area contributed by atoms with Crippen molar-refractivity contribution in [2.75, 3.05) is 0 Å². The van der Waals surface area contributed by atoms with E-state index in [0.717, 1.165) is 22.3 Å². The lowest BCUT2D eigenvalue weighted by Crippen LogP contribution is -1.86. The average Bonchev–Trinajstić information content (AvgIpc) is 2.35. The molecule has 0 saturated heterocycles. The van der Waals surface area contributed by atoms with E-state index >= 15 is 0 Å². The van der Waals surface area contributed by atoms with E-state index in [0.29, 0.717) is 0 Å². The summed E-state index contributed by atoms with van der Waals surface area (Å²) in [5.41, 5.74) is 6.85. The van der Waals surface area contributed by atoms with Crippen molar-refractivity contribution in [3.05, 3.63) is 64.8 Å². The van der Waals surface area contributed by atoms with E-state index in [9.17, 15) is 0 Å². The summed E-state index contributed by atoms with van der Waals surface area (Å²) in [4.78, 5) is 0. The van der Waals surface area contributed by atoms with Crippen LogP contribution in [0, 0.1) is 18.8 Å². The standard InChI is InChI=1S/C19H22/c1-14(2)7-8-16(5)9-11-19-13-18(15(3)4)12-10-17(19)6/h7-8,10,12-13H,3H2,1-2,4-6H3/b16-8+. The number of hydrogen-bond acceptors (Lipinski definition) is 0. The Balaban J connectivity index is 3.07. The summed E-state index contributed by atoms with van der Waals surface area (Å²) < 4.78 is 0. The van der Waals surface area contributed by atoms with Gasteiger partial charge >= 0.3 is 0 Å². The second kappa shape index (κ2) is 6.81. The predicted molar refractivity (Wildman–Crippen MR) is 86.0 cm³/mol. The molecule has 0 amide bonds. The molecule has 0 unspecified atom stereocenters. The van der Waals surface area contributed by atoms with Crippen LogP contribution in [-0.2, 0) is 0 Å². The lowest BCUT2D eigenvalue weighted by Gasteiger charge is -2.03. The molecule has 0 heteroatoms. The normalized spacial score (nSPS) is 10.5. The Labute approximate surface area is 117 Å². The molecule has 19 heavy (non-hydrogen) atoms. The van der Waals surface area contributed by atoms with Gasteiger partial charge in [0.25, 0.3) is 0 Å². The molecule has 0 atom stereocenters. The maximum atomic E-state index is 3.97. The molecule has 0 aliphatic rings.